The summed E-state index contributed by atoms with van der Waals surface area (Å²) in [6.45, 7) is 10.1. The van der Waals surface area contributed by atoms with Gasteiger partial charge in [-0.25, -0.2) is 9.59 Å². The second-order valence-electron chi connectivity index (χ2n) is 7.51. The molecule has 0 aromatic carbocycles. The predicted octanol–water partition coefficient (Wildman–Crippen LogP) is 2.26. The lowest BCUT2D eigenvalue weighted by Gasteiger charge is -2.32. The van der Waals surface area contributed by atoms with Gasteiger partial charge in [0.25, 0.3) is 0 Å². The number of amides is 2. The maximum atomic E-state index is 11.9. The molecule has 0 aromatic rings. The summed E-state index contributed by atoms with van der Waals surface area (Å²) >= 11 is 0. The normalized spacial score (nSPS) is 15.4. The molecular formula is C18H36IN5O4. The summed E-state index contributed by atoms with van der Waals surface area (Å²) in [4.78, 5) is 31.2. The fraction of sp³-hybridized carbons (Fsp3) is 0.833. The maximum Gasteiger partial charge on any atom is 0.410 e. The van der Waals surface area contributed by atoms with Crippen LogP contribution in [0.3, 0.4) is 0 Å². The van der Waals surface area contributed by atoms with Crippen molar-refractivity contribution in [3.05, 3.63) is 0 Å². The Hall–Kier alpha value is -1.46. The minimum atomic E-state index is -0.505. The second kappa shape index (κ2) is 12.9. The lowest BCUT2D eigenvalue weighted by molar-refractivity contribution is 0.0302. The first-order valence-corrected chi connectivity index (χ1v) is 9.49. The van der Waals surface area contributed by atoms with E-state index in [1.165, 1.54) is 4.90 Å². The van der Waals surface area contributed by atoms with Crippen LogP contribution in [0, 0.1) is 0 Å². The Labute approximate surface area is 185 Å². The van der Waals surface area contributed by atoms with Crippen LogP contribution in [-0.2, 0) is 9.47 Å². The third kappa shape index (κ3) is 10.2. The third-order valence-electron chi connectivity index (χ3n) is 4.03. The number of rotatable bonds is 5. The van der Waals surface area contributed by atoms with Crippen molar-refractivity contribution in [2.24, 2.45) is 4.99 Å². The molecular weight excluding hydrogens is 477 g/mol. The summed E-state index contributed by atoms with van der Waals surface area (Å²) < 4.78 is 10.4. The van der Waals surface area contributed by atoms with E-state index in [1.54, 1.807) is 19.0 Å². The zero-order valence-corrected chi connectivity index (χ0v) is 20.2. The monoisotopic (exact) mass is 513 g/mol. The van der Waals surface area contributed by atoms with Crippen molar-refractivity contribution in [1.29, 1.82) is 0 Å². The van der Waals surface area contributed by atoms with Gasteiger partial charge in [-0.1, -0.05) is 0 Å². The van der Waals surface area contributed by atoms with Gasteiger partial charge in [0.2, 0.25) is 0 Å². The molecule has 28 heavy (non-hydrogen) atoms. The molecule has 0 bridgehead atoms. The van der Waals surface area contributed by atoms with Gasteiger partial charge in [0.1, 0.15) is 5.60 Å². The number of nitrogens with zero attached hydrogens (tertiary/aromatic N) is 3. The number of likely N-dealkylation sites (N-methyl/N-ethyl adjacent to an activating group) is 1. The molecule has 0 radical (unpaired) electrons. The molecule has 1 fully saturated rings. The quantitative estimate of drug-likeness (QED) is 0.333. The molecule has 1 rings (SSSR count). The summed E-state index contributed by atoms with van der Waals surface area (Å²) in [7, 11) is 3.41. The number of halogens is 1. The highest BCUT2D eigenvalue weighted by atomic mass is 127. The topological polar surface area (TPSA) is 95.5 Å². The molecule has 164 valence electrons. The van der Waals surface area contributed by atoms with Crippen LogP contribution < -0.4 is 10.6 Å². The molecule has 0 spiro atoms. The highest BCUT2D eigenvalue weighted by Gasteiger charge is 2.24. The molecule has 1 saturated heterocycles. The average Bonchev–Trinajstić information content (AvgIpc) is 2.60. The molecule has 0 saturated carbocycles. The van der Waals surface area contributed by atoms with Crippen molar-refractivity contribution in [2.75, 3.05) is 46.9 Å². The van der Waals surface area contributed by atoms with Crippen LogP contribution >= 0.6 is 24.0 Å². The first-order valence-electron chi connectivity index (χ1n) is 9.49. The van der Waals surface area contributed by atoms with Crippen LogP contribution in [0.25, 0.3) is 0 Å². The Kier molecular flexibility index (Phi) is 12.2. The van der Waals surface area contributed by atoms with Gasteiger partial charge < -0.3 is 29.9 Å². The smallest absolute Gasteiger partial charge is 0.410 e. The first-order chi connectivity index (χ1) is 12.7. The van der Waals surface area contributed by atoms with E-state index < -0.39 is 5.60 Å². The van der Waals surface area contributed by atoms with E-state index in [4.69, 9.17) is 9.47 Å². The molecule has 10 heteroatoms. The van der Waals surface area contributed by atoms with Crippen molar-refractivity contribution in [2.45, 2.75) is 52.2 Å². The van der Waals surface area contributed by atoms with Crippen molar-refractivity contribution >= 4 is 42.1 Å². The van der Waals surface area contributed by atoms with Crippen LogP contribution in [0.1, 0.15) is 40.5 Å². The summed E-state index contributed by atoms with van der Waals surface area (Å²) in [5.41, 5.74) is -0.505. The minimum Gasteiger partial charge on any atom is -0.450 e. The number of likely N-dealkylation sites (tertiary alicyclic amines) is 1. The number of aliphatic imine (C=N–C) groups is 1. The maximum absolute atomic E-state index is 11.9. The Bertz CT molecular complexity index is 517. The van der Waals surface area contributed by atoms with E-state index in [2.05, 4.69) is 15.6 Å². The van der Waals surface area contributed by atoms with Gasteiger partial charge in [-0.15, -0.1) is 24.0 Å². The molecule has 1 heterocycles. The van der Waals surface area contributed by atoms with Crippen LogP contribution in [0.15, 0.2) is 4.99 Å². The number of guanidine groups is 1. The zero-order chi connectivity index (χ0) is 20.4. The summed E-state index contributed by atoms with van der Waals surface area (Å²) in [5.74, 6) is 0.683. The van der Waals surface area contributed by atoms with E-state index >= 15 is 0 Å². The Morgan fingerprint density at radius 1 is 1.25 bits per heavy atom. The van der Waals surface area contributed by atoms with Gasteiger partial charge in [-0.05, 0) is 40.5 Å². The first kappa shape index (κ1) is 26.5. The van der Waals surface area contributed by atoms with Crippen molar-refractivity contribution in [1.82, 2.24) is 20.4 Å². The number of ether oxygens (including phenoxy) is 2. The van der Waals surface area contributed by atoms with Crippen LogP contribution in [0.2, 0.25) is 0 Å². The van der Waals surface area contributed by atoms with Crippen molar-refractivity contribution in [3.8, 4) is 0 Å². The van der Waals surface area contributed by atoms with Gasteiger partial charge in [0.15, 0.2) is 5.96 Å². The number of carbonyl (C=O) groups excluding carboxylic acids is 2. The number of hydrogen-bond acceptors (Lipinski definition) is 5. The second-order valence-corrected chi connectivity index (χ2v) is 7.51. The van der Waals surface area contributed by atoms with Gasteiger partial charge in [-0.2, -0.15) is 0 Å². The Morgan fingerprint density at radius 2 is 1.86 bits per heavy atom. The molecule has 2 amide bonds. The summed E-state index contributed by atoms with van der Waals surface area (Å²) in [6, 6.07) is 0.241. The van der Waals surface area contributed by atoms with Crippen molar-refractivity contribution in [3.63, 3.8) is 0 Å². The fourth-order valence-corrected chi connectivity index (χ4v) is 2.58. The molecule has 0 aliphatic carbocycles. The minimum absolute atomic E-state index is 0. The molecule has 0 aromatic heterocycles. The van der Waals surface area contributed by atoms with E-state index in [0.717, 1.165) is 12.8 Å². The van der Waals surface area contributed by atoms with E-state index in [1.807, 2.05) is 27.7 Å². The van der Waals surface area contributed by atoms with Gasteiger partial charge in [-0.3, -0.25) is 4.99 Å². The molecule has 0 unspecified atom stereocenters. The molecule has 2 N–H and O–H groups in total. The van der Waals surface area contributed by atoms with Crippen molar-refractivity contribution < 1.29 is 19.1 Å². The summed E-state index contributed by atoms with van der Waals surface area (Å²) in [6.07, 6.45) is 1.07. The third-order valence-corrected chi connectivity index (χ3v) is 4.03. The summed E-state index contributed by atoms with van der Waals surface area (Å²) in [5, 5.41) is 6.57. The molecule has 9 nitrogen and oxygen atoms in total. The number of carbonyl (C=O) groups is 2. The van der Waals surface area contributed by atoms with E-state index in [0.29, 0.717) is 38.7 Å². The van der Waals surface area contributed by atoms with E-state index in [9.17, 15) is 9.59 Å². The average molecular weight is 513 g/mol. The fourth-order valence-electron chi connectivity index (χ4n) is 2.58. The number of hydrogen-bond donors (Lipinski definition) is 2. The van der Waals surface area contributed by atoms with Crippen LogP contribution in [0.4, 0.5) is 9.59 Å². The zero-order valence-electron chi connectivity index (χ0n) is 17.9. The van der Waals surface area contributed by atoms with Crippen LogP contribution in [-0.4, -0.2) is 86.5 Å². The highest BCUT2D eigenvalue weighted by molar-refractivity contribution is 14.0. The lowest BCUT2D eigenvalue weighted by atomic mass is 10.1. The lowest BCUT2D eigenvalue weighted by Crippen LogP contribution is -2.50. The van der Waals surface area contributed by atoms with Gasteiger partial charge in [0, 0.05) is 46.3 Å². The van der Waals surface area contributed by atoms with Gasteiger partial charge >= 0.3 is 12.2 Å². The molecule has 1 aliphatic heterocycles. The van der Waals surface area contributed by atoms with Gasteiger partial charge in [0.05, 0.1) is 6.61 Å². The van der Waals surface area contributed by atoms with Crippen LogP contribution in [0.5, 0.6) is 0 Å². The standard InChI is InChI=1S/C18H35N5O4.HI/c1-7-26-17(25)23-11-8-14(9-12-23)21-15(19-5)20-10-13-22(6)16(24)27-18(2,3)4;/h14H,7-13H2,1-6H3,(H2,19,20,21);1H. The predicted molar refractivity (Wildman–Crippen MR) is 120 cm³/mol. The molecule has 1 aliphatic rings. The molecule has 0 atom stereocenters. The SMILES string of the molecule is CCOC(=O)N1CCC(NC(=NC)NCCN(C)C(=O)OC(C)(C)C)CC1.I. The highest BCUT2D eigenvalue weighted by Crippen LogP contribution is 2.11. The number of nitrogens with one attached hydrogen (secondary N) is 2. The Balaban J connectivity index is 0.00000729. The Morgan fingerprint density at radius 3 is 2.36 bits per heavy atom. The number of piperidine rings is 1. The van der Waals surface area contributed by atoms with E-state index in [-0.39, 0.29) is 42.2 Å². The largest absolute Gasteiger partial charge is 0.450 e.